The SMILES string of the molecule is CCCN(CCO)C(=O)c1ccc([C@H]2C[C@@H](NC(=O)[C@@]3(C)COc4cc5c(cc43)OC(F)(F)O5)c3ccc(OC)cc3O2)nc1. The van der Waals surface area contributed by atoms with E-state index in [-0.39, 0.29) is 48.8 Å². The number of hydrogen-bond donors (Lipinski definition) is 2. The largest absolute Gasteiger partial charge is 0.586 e. The van der Waals surface area contributed by atoms with Crippen LogP contribution in [-0.2, 0) is 10.2 Å². The maximum absolute atomic E-state index is 13.9. The van der Waals surface area contributed by atoms with E-state index in [9.17, 15) is 23.5 Å². The van der Waals surface area contributed by atoms with Gasteiger partial charge in [-0.15, -0.1) is 8.78 Å². The van der Waals surface area contributed by atoms with Crippen LogP contribution < -0.4 is 29.0 Å². The fraction of sp³-hybridized carbons (Fsp3) is 0.406. The average molecular weight is 626 g/mol. The van der Waals surface area contributed by atoms with Crippen LogP contribution >= 0.6 is 0 Å². The van der Waals surface area contributed by atoms with Crippen molar-refractivity contribution in [2.24, 2.45) is 0 Å². The second-order valence-corrected chi connectivity index (χ2v) is 11.3. The molecule has 2 aromatic carbocycles. The maximum atomic E-state index is 13.9. The number of ether oxygens (including phenoxy) is 5. The fourth-order valence-electron chi connectivity index (χ4n) is 5.84. The van der Waals surface area contributed by atoms with Crippen molar-refractivity contribution in [2.45, 2.75) is 50.5 Å². The Morgan fingerprint density at radius 1 is 1.09 bits per heavy atom. The number of benzene rings is 2. The number of rotatable bonds is 9. The lowest BCUT2D eigenvalue weighted by atomic mass is 9.82. The van der Waals surface area contributed by atoms with Gasteiger partial charge in [-0.25, -0.2) is 0 Å². The summed E-state index contributed by atoms with van der Waals surface area (Å²) in [6.07, 6.45) is -1.84. The molecule has 45 heavy (non-hydrogen) atoms. The number of nitrogens with one attached hydrogen (secondary N) is 1. The number of halogens is 2. The third-order valence-corrected chi connectivity index (χ3v) is 8.25. The summed E-state index contributed by atoms with van der Waals surface area (Å²) < 4.78 is 54.0. The molecule has 0 radical (unpaired) electrons. The van der Waals surface area contributed by atoms with E-state index >= 15 is 0 Å². The molecule has 13 heteroatoms. The Morgan fingerprint density at radius 2 is 1.87 bits per heavy atom. The first kappa shape index (κ1) is 30.4. The average Bonchev–Trinajstić information content (AvgIpc) is 3.53. The summed E-state index contributed by atoms with van der Waals surface area (Å²) >= 11 is 0. The minimum atomic E-state index is -3.80. The van der Waals surface area contributed by atoms with Crippen molar-refractivity contribution >= 4 is 11.8 Å². The predicted octanol–water partition coefficient (Wildman–Crippen LogP) is 4.29. The van der Waals surface area contributed by atoms with Crippen LogP contribution in [0.1, 0.15) is 66.0 Å². The molecule has 2 amide bonds. The zero-order valence-corrected chi connectivity index (χ0v) is 25.0. The second-order valence-electron chi connectivity index (χ2n) is 11.3. The molecule has 0 bridgehead atoms. The molecule has 1 aromatic heterocycles. The molecule has 4 heterocycles. The van der Waals surface area contributed by atoms with Crippen molar-refractivity contribution in [1.29, 1.82) is 0 Å². The number of pyridine rings is 1. The highest BCUT2D eigenvalue weighted by atomic mass is 19.3. The van der Waals surface area contributed by atoms with Crippen molar-refractivity contribution in [2.75, 3.05) is 33.4 Å². The van der Waals surface area contributed by atoms with E-state index in [0.29, 0.717) is 41.3 Å². The molecule has 3 aliphatic rings. The molecule has 2 N–H and O–H groups in total. The zero-order valence-electron chi connectivity index (χ0n) is 25.0. The van der Waals surface area contributed by atoms with Gasteiger partial charge in [0, 0.05) is 49.0 Å². The maximum Gasteiger partial charge on any atom is 0.586 e. The topological polar surface area (TPSA) is 129 Å². The molecular formula is C32H33F2N3O8. The molecule has 0 unspecified atom stereocenters. The number of aromatic nitrogens is 1. The van der Waals surface area contributed by atoms with Gasteiger partial charge < -0.3 is 39.0 Å². The Morgan fingerprint density at radius 3 is 2.56 bits per heavy atom. The summed E-state index contributed by atoms with van der Waals surface area (Å²) in [5.41, 5.74) is 0.844. The molecule has 0 saturated heterocycles. The summed E-state index contributed by atoms with van der Waals surface area (Å²) in [5, 5.41) is 12.5. The predicted molar refractivity (Wildman–Crippen MR) is 155 cm³/mol. The van der Waals surface area contributed by atoms with Crippen LogP contribution in [0.3, 0.4) is 0 Å². The van der Waals surface area contributed by atoms with Gasteiger partial charge in [0.05, 0.1) is 31.0 Å². The lowest BCUT2D eigenvalue weighted by Gasteiger charge is -2.34. The summed E-state index contributed by atoms with van der Waals surface area (Å²) in [4.78, 5) is 33.0. The number of nitrogens with zero attached hydrogens (tertiary/aromatic N) is 2. The standard InChI is InChI=1S/C32H33F2N3O8/c1-4-9-37(10-11-38)29(39)18-5-8-22(35-16-18)26-14-23(20-7-6-19(41-3)12-24(20)43-26)36-30(40)31(2)17-42-25-15-28-27(13-21(25)31)44-32(33,34)45-28/h5-8,12-13,15-16,23,26,38H,4,9-11,14,17H2,1-3H3,(H,36,40)/t23-,26-,31+/m1/s1. The molecule has 3 aromatic rings. The third kappa shape index (κ3) is 5.68. The summed E-state index contributed by atoms with van der Waals surface area (Å²) in [6.45, 7) is 4.21. The molecule has 238 valence electrons. The second kappa shape index (κ2) is 11.7. The van der Waals surface area contributed by atoms with Gasteiger partial charge in [-0.2, -0.15) is 0 Å². The number of methoxy groups -OCH3 is 1. The van der Waals surface area contributed by atoms with Gasteiger partial charge in [-0.05, 0) is 43.7 Å². The molecule has 0 saturated carbocycles. The summed E-state index contributed by atoms with van der Waals surface area (Å²) in [7, 11) is 1.54. The highest BCUT2D eigenvalue weighted by molar-refractivity contribution is 5.94. The third-order valence-electron chi connectivity index (χ3n) is 8.25. The van der Waals surface area contributed by atoms with Crippen LogP contribution in [0.25, 0.3) is 0 Å². The summed E-state index contributed by atoms with van der Waals surface area (Å²) in [6, 6.07) is 10.8. The first-order valence-corrected chi connectivity index (χ1v) is 14.6. The van der Waals surface area contributed by atoms with E-state index in [0.717, 1.165) is 12.0 Å². The van der Waals surface area contributed by atoms with Crippen LogP contribution in [-0.4, -0.2) is 66.5 Å². The summed E-state index contributed by atoms with van der Waals surface area (Å²) in [5.74, 6) is 0.374. The number of carbonyl (C=O) groups excluding carboxylic acids is 2. The van der Waals surface area contributed by atoms with Crippen LogP contribution in [0.5, 0.6) is 28.7 Å². The Hall–Kier alpha value is -4.65. The van der Waals surface area contributed by atoms with Crippen molar-refractivity contribution in [3.8, 4) is 28.7 Å². The number of aliphatic hydroxyl groups is 1. The smallest absolute Gasteiger partial charge is 0.497 e. The van der Waals surface area contributed by atoms with Gasteiger partial charge in [0.15, 0.2) is 11.5 Å². The molecular weight excluding hydrogens is 592 g/mol. The lowest BCUT2D eigenvalue weighted by Crippen LogP contribution is -2.46. The Bertz CT molecular complexity index is 1610. The molecule has 6 rings (SSSR count). The van der Waals surface area contributed by atoms with Crippen molar-refractivity contribution in [3.63, 3.8) is 0 Å². The molecule has 0 spiro atoms. The van der Waals surface area contributed by atoms with E-state index in [4.69, 9.17) is 14.2 Å². The minimum Gasteiger partial charge on any atom is -0.497 e. The van der Waals surface area contributed by atoms with Crippen LogP contribution in [0.15, 0.2) is 48.7 Å². The van der Waals surface area contributed by atoms with E-state index in [1.807, 2.05) is 13.0 Å². The first-order valence-electron chi connectivity index (χ1n) is 14.6. The van der Waals surface area contributed by atoms with E-state index in [1.54, 1.807) is 36.1 Å². The normalized spacial score (nSPS) is 22.0. The zero-order chi connectivity index (χ0) is 31.9. The van der Waals surface area contributed by atoms with Gasteiger partial charge in [0.1, 0.15) is 35.4 Å². The van der Waals surface area contributed by atoms with E-state index in [2.05, 4.69) is 19.8 Å². The number of aliphatic hydroxyl groups excluding tert-OH is 1. The highest BCUT2D eigenvalue weighted by Gasteiger charge is 2.49. The van der Waals surface area contributed by atoms with Crippen LogP contribution in [0.2, 0.25) is 0 Å². The number of carbonyl (C=O) groups is 2. The van der Waals surface area contributed by atoms with Gasteiger partial charge in [-0.1, -0.05) is 6.92 Å². The van der Waals surface area contributed by atoms with Crippen LogP contribution in [0.4, 0.5) is 8.78 Å². The number of alkyl halides is 2. The Kier molecular flexibility index (Phi) is 7.89. The monoisotopic (exact) mass is 625 g/mol. The molecule has 11 nitrogen and oxygen atoms in total. The molecule has 0 aliphatic carbocycles. The Labute approximate surface area is 258 Å². The number of amides is 2. The van der Waals surface area contributed by atoms with Gasteiger partial charge in [0.25, 0.3) is 5.91 Å². The van der Waals surface area contributed by atoms with Gasteiger partial charge in [-0.3, -0.25) is 14.6 Å². The number of fused-ring (bicyclic) bond motifs is 3. The van der Waals surface area contributed by atoms with Gasteiger partial charge in [0.2, 0.25) is 5.91 Å². The fourth-order valence-corrected chi connectivity index (χ4v) is 5.84. The van der Waals surface area contributed by atoms with Crippen molar-refractivity contribution in [1.82, 2.24) is 15.2 Å². The minimum absolute atomic E-state index is 0.0159. The van der Waals surface area contributed by atoms with Crippen LogP contribution in [0, 0.1) is 0 Å². The number of hydrogen-bond acceptors (Lipinski definition) is 9. The Balaban J connectivity index is 1.25. The van der Waals surface area contributed by atoms with Gasteiger partial charge >= 0.3 is 6.29 Å². The van der Waals surface area contributed by atoms with Crippen molar-refractivity contribution in [3.05, 3.63) is 71.0 Å². The lowest BCUT2D eigenvalue weighted by molar-refractivity contribution is -0.286. The highest BCUT2D eigenvalue weighted by Crippen LogP contribution is 2.50. The molecule has 3 aliphatic heterocycles. The van der Waals surface area contributed by atoms with E-state index < -0.39 is 23.9 Å². The van der Waals surface area contributed by atoms with E-state index in [1.165, 1.54) is 25.4 Å². The first-order chi connectivity index (χ1) is 21.5. The van der Waals surface area contributed by atoms with Crippen molar-refractivity contribution < 1.29 is 47.2 Å². The molecule has 3 atom stereocenters. The molecule has 0 fully saturated rings. The quantitative estimate of drug-likeness (QED) is 0.358.